The molecular weight excluding hydrogens is 344 g/mol. The summed E-state index contributed by atoms with van der Waals surface area (Å²) in [6.07, 6.45) is 12.7. The molecule has 2 N–H and O–H groups in total. The monoisotopic (exact) mass is 386 g/mol. The second kappa shape index (κ2) is 11.5. The van der Waals surface area contributed by atoms with Crippen LogP contribution in [0.2, 0.25) is 0 Å². The lowest BCUT2D eigenvalue weighted by molar-refractivity contribution is 0.434. The van der Waals surface area contributed by atoms with Gasteiger partial charge in [0, 0.05) is 0 Å². The van der Waals surface area contributed by atoms with Crippen LogP contribution in [0.1, 0.15) is 95.8 Å². The lowest BCUT2D eigenvalue weighted by atomic mass is 9.83. The molecule has 28 heavy (non-hydrogen) atoms. The molecule has 4 nitrogen and oxygen atoms in total. The van der Waals surface area contributed by atoms with E-state index >= 15 is 0 Å². The van der Waals surface area contributed by atoms with E-state index < -0.39 is 0 Å². The predicted octanol–water partition coefficient (Wildman–Crippen LogP) is 6.17. The first-order valence-corrected chi connectivity index (χ1v) is 11.6. The maximum atomic E-state index is 5.91. The third-order valence-electron chi connectivity index (χ3n) is 6.54. The molecule has 1 heterocycles. The summed E-state index contributed by atoms with van der Waals surface area (Å²) in [5.41, 5.74) is 12.4. The van der Waals surface area contributed by atoms with E-state index in [0.717, 1.165) is 22.9 Å². The first-order chi connectivity index (χ1) is 13.6. The molecule has 0 spiro atoms. The Hall–Kier alpha value is -1.42. The van der Waals surface area contributed by atoms with Gasteiger partial charge in [0.05, 0.1) is 12.2 Å². The zero-order chi connectivity index (χ0) is 20.5. The molecule has 0 fully saturated rings. The van der Waals surface area contributed by atoms with Crippen molar-refractivity contribution in [2.24, 2.45) is 17.6 Å². The van der Waals surface area contributed by atoms with Gasteiger partial charge in [0.25, 0.3) is 0 Å². The second-order valence-electron chi connectivity index (χ2n) is 8.52. The standard InChI is InChI=1S/C24H42N4/c1-6-10-12-19(8-3)14-21-16-23-24(26-27-28(23)17-25)18(5)22(21)15-20(9-4)13-11-7-2/h16,19-20H,6-15,17,25H2,1-5H3. The van der Waals surface area contributed by atoms with Gasteiger partial charge >= 0.3 is 0 Å². The summed E-state index contributed by atoms with van der Waals surface area (Å²) >= 11 is 0. The summed E-state index contributed by atoms with van der Waals surface area (Å²) in [6, 6.07) is 2.35. The molecule has 0 bridgehead atoms. The number of hydrogen-bond donors (Lipinski definition) is 1. The van der Waals surface area contributed by atoms with Gasteiger partial charge in [-0.2, -0.15) is 0 Å². The Labute approximate surface area is 172 Å². The zero-order valence-corrected chi connectivity index (χ0v) is 18.9. The van der Waals surface area contributed by atoms with Gasteiger partial charge in [0.2, 0.25) is 0 Å². The van der Waals surface area contributed by atoms with E-state index in [-0.39, 0.29) is 0 Å². The van der Waals surface area contributed by atoms with Gasteiger partial charge < -0.3 is 5.73 Å². The molecule has 1 aromatic heterocycles. The van der Waals surface area contributed by atoms with E-state index in [2.05, 4.69) is 51.0 Å². The number of nitrogens with zero attached hydrogens (tertiary/aromatic N) is 3. The summed E-state index contributed by atoms with van der Waals surface area (Å²) in [5, 5.41) is 8.76. The maximum Gasteiger partial charge on any atom is 0.116 e. The highest BCUT2D eigenvalue weighted by Gasteiger charge is 2.20. The molecule has 0 aliphatic rings. The minimum absolute atomic E-state index is 0.385. The van der Waals surface area contributed by atoms with E-state index in [0.29, 0.717) is 6.67 Å². The fraction of sp³-hybridized carbons (Fsp3) is 0.750. The molecule has 0 amide bonds. The predicted molar refractivity (Wildman–Crippen MR) is 120 cm³/mol. The first-order valence-electron chi connectivity index (χ1n) is 11.6. The molecule has 0 aliphatic carbocycles. The van der Waals surface area contributed by atoms with Crippen molar-refractivity contribution in [2.45, 2.75) is 105 Å². The largest absolute Gasteiger partial charge is 0.312 e. The van der Waals surface area contributed by atoms with Crippen LogP contribution < -0.4 is 5.73 Å². The van der Waals surface area contributed by atoms with Crippen LogP contribution in [0.5, 0.6) is 0 Å². The van der Waals surface area contributed by atoms with Gasteiger partial charge in [-0.25, -0.2) is 4.68 Å². The molecular formula is C24H42N4. The van der Waals surface area contributed by atoms with Gasteiger partial charge in [-0.3, -0.25) is 0 Å². The average molecular weight is 387 g/mol. The Morgan fingerprint density at radius 3 is 2.11 bits per heavy atom. The lowest BCUT2D eigenvalue weighted by Gasteiger charge is -2.22. The van der Waals surface area contributed by atoms with Crippen molar-refractivity contribution in [3.63, 3.8) is 0 Å². The number of aromatic nitrogens is 3. The molecule has 2 unspecified atom stereocenters. The Bertz CT molecular complexity index is 719. The molecule has 4 heteroatoms. The van der Waals surface area contributed by atoms with Crippen LogP contribution in [0.3, 0.4) is 0 Å². The average Bonchev–Trinajstić information content (AvgIpc) is 3.13. The van der Waals surface area contributed by atoms with Gasteiger partial charge in [0.15, 0.2) is 0 Å². The van der Waals surface area contributed by atoms with Crippen LogP contribution >= 0.6 is 0 Å². The summed E-state index contributed by atoms with van der Waals surface area (Å²) < 4.78 is 1.84. The third kappa shape index (κ3) is 5.56. The molecule has 1 aromatic carbocycles. The van der Waals surface area contributed by atoms with Crippen LogP contribution in [0.25, 0.3) is 11.0 Å². The molecule has 158 valence electrons. The lowest BCUT2D eigenvalue weighted by Crippen LogP contribution is -2.13. The second-order valence-corrected chi connectivity index (χ2v) is 8.52. The Morgan fingerprint density at radius 2 is 1.57 bits per heavy atom. The van der Waals surface area contributed by atoms with Crippen molar-refractivity contribution in [1.29, 1.82) is 0 Å². The van der Waals surface area contributed by atoms with Crippen LogP contribution in [0, 0.1) is 18.8 Å². The van der Waals surface area contributed by atoms with Crippen LogP contribution in [0.4, 0.5) is 0 Å². The van der Waals surface area contributed by atoms with Gasteiger partial charge in [0.1, 0.15) is 5.52 Å². The van der Waals surface area contributed by atoms with E-state index in [1.165, 1.54) is 80.9 Å². The molecule has 0 radical (unpaired) electrons. The number of nitrogens with two attached hydrogens (primary N) is 1. The quantitative estimate of drug-likeness (QED) is 0.447. The van der Waals surface area contributed by atoms with Crippen molar-refractivity contribution in [2.75, 3.05) is 0 Å². The minimum atomic E-state index is 0.385. The van der Waals surface area contributed by atoms with Crippen molar-refractivity contribution in [3.05, 3.63) is 22.8 Å². The van der Waals surface area contributed by atoms with Crippen LogP contribution in [-0.2, 0) is 19.5 Å². The number of rotatable bonds is 13. The van der Waals surface area contributed by atoms with Gasteiger partial charge in [-0.1, -0.05) is 84.3 Å². The van der Waals surface area contributed by atoms with E-state index in [4.69, 9.17) is 5.73 Å². The van der Waals surface area contributed by atoms with Crippen molar-refractivity contribution in [3.8, 4) is 0 Å². The highest BCUT2D eigenvalue weighted by atomic mass is 15.4. The SMILES string of the molecule is CCCCC(CC)Cc1cc2c(nnn2CN)c(C)c1CC(CC)CCCC. The summed E-state index contributed by atoms with van der Waals surface area (Å²) in [5.74, 6) is 1.52. The van der Waals surface area contributed by atoms with Crippen molar-refractivity contribution < 1.29 is 0 Å². The summed E-state index contributed by atoms with van der Waals surface area (Å²) in [4.78, 5) is 0. The van der Waals surface area contributed by atoms with E-state index in [1.54, 1.807) is 0 Å². The molecule has 2 aromatic rings. The molecule has 2 rings (SSSR count). The maximum absolute atomic E-state index is 5.91. The van der Waals surface area contributed by atoms with E-state index in [9.17, 15) is 0 Å². The normalized spacial score (nSPS) is 13.9. The zero-order valence-electron chi connectivity index (χ0n) is 18.9. The molecule has 0 aliphatic heterocycles. The fourth-order valence-electron chi connectivity index (χ4n) is 4.45. The minimum Gasteiger partial charge on any atom is -0.312 e. The van der Waals surface area contributed by atoms with Gasteiger partial charge in [-0.05, 0) is 54.4 Å². The third-order valence-corrected chi connectivity index (χ3v) is 6.54. The number of unbranched alkanes of at least 4 members (excludes halogenated alkanes) is 2. The van der Waals surface area contributed by atoms with Crippen molar-refractivity contribution >= 4 is 11.0 Å². The van der Waals surface area contributed by atoms with Gasteiger partial charge in [-0.15, -0.1) is 5.10 Å². The highest BCUT2D eigenvalue weighted by Crippen LogP contribution is 2.31. The molecule has 2 atom stereocenters. The Morgan fingerprint density at radius 1 is 0.964 bits per heavy atom. The van der Waals surface area contributed by atoms with Crippen LogP contribution in [0.15, 0.2) is 6.07 Å². The summed E-state index contributed by atoms with van der Waals surface area (Å²) in [7, 11) is 0. The topological polar surface area (TPSA) is 56.7 Å². The fourth-order valence-corrected chi connectivity index (χ4v) is 4.45. The van der Waals surface area contributed by atoms with Crippen LogP contribution in [-0.4, -0.2) is 15.0 Å². The number of aryl methyl sites for hydroxylation is 1. The molecule has 0 saturated carbocycles. The summed E-state index contributed by atoms with van der Waals surface area (Å²) in [6.45, 7) is 11.9. The highest BCUT2D eigenvalue weighted by molar-refractivity contribution is 5.80. The number of fused-ring (bicyclic) bond motifs is 1. The first kappa shape index (κ1) is 22.9. The van der Waals surface area contributed by atoms with E-state index in [1.807, 2.05) is 4.68 Å². The Kier molecular flexibility index (Phi) is 9.43. The molecule has 0 saturated heterocycles. The number of hydrogen-bond acceptors (Lipinski definition) is 3. The number of benzene rings is 1. The Balaban J connectivity index is 2.43. The van der Waals surface area contributed by atoms with Crippen molar-refractivity contribution in [1.82, 2.24) is 15.0 Å². The smallest absolute Gasteiger partial charge is 0.116 e.